The maximum atomic E-state index is 12.9. The van der Waals surface area contributed by atoms with Crippen molar-refractivity contribution in [2.75, 3.05) is 0 Å². The first-order valence-electron chi connectivity index (χ1n) is 7.01. The van der Waals surface area contributed by atoms with Gasteiger partial charge >= 0.3 is 6.03 Å². The molecule has 0 bridgehead atoms. The molecule has 24 heavy (non-hydrogen) atoms. The summed E-state index contributed by atoms with van der Waals surface area (Å²) in [7, 11) is 0. The SMILES string of the molecule is O=C1N/C(=C/c2ccc(O)c(Cl)c2)C(=O)N1Cc1ccc(F)cc1. The lowest BCUT2D eigenvalue weighted by molar-refractivity contribution is -0.123. The zero-order chi connectivity index (χ0) is 17.3. The van der Waals surface area contributed by atoms with E-state index >= 15 is 0 Å². The Hall–Kier alpha value is -2.86. The normalized spacial score (nSPS) is 15.9. The fraction of sp³-hybridized carbons (Fsp3) is 0.0588. The molecule has 0 unspecified atom stereocenters. The van der Waals surface area contributed by atoms with E-state index in [4.69, 9.17) is 11.6 Å². The predicted molar refractivity (Wildman–Crippen MR) is 86.6 cm³/mol. The molecule has 1 aliphatic heterocycles. The monoisotopic (exact) mass is 346 g/mol. The first-order valence-corrected chi connectivity index (χ1v) is 7.39. The highest BCUT2D eigenvalue weighted by molar-refractivity contribution is 6.32. The molecule has 0 aromatic heterocycles. The highest BCUT2D eigenvalue weighted by Gasteiger charge is 2.33. The van der Waals surface area contributed by atoms with Crippen LogP contribution in [-0.2, 0) is 11.3 Å². The molecular formula is C17H12ClFN2O3. The Bertz CT molecular complexity index is 849. The minimum atomic E-state index is -0.555. The molecule has 1 saturated heterocycles. The fourth-order valence-electron chi connectivity index (χ4n) is 2.27. The number of carbonyl (C=O) groups is 2. The lowest BCUT2D eigenvalue weighted by atomic mass is 10.1. The lowest BCUT2D eigenvalue weighted by Gasteiger charge is -2.11. The molecule has 2 aromatic carbocycles. The molecule has 3 rings (SSSR count). The summed E-state index contributed by atoms with van der Waals surface area (Å²) in [6.45, 7) is 0.0403. The van der Waals surface area contributed by atoms with E-state index in [2.05, 4.69) is 5.32 Å². The average Bonchev–Trinajstić information content (AvgIpc) is 2.80. The number of imide groups is 1. The molecule has 5 nitrogen and oxygen atoms in total. The van der Waals surface area contributed by atoms with E-state index < -0.39 is 11.9 Å². The van der Waals surface area contributed by atoms with Crippen molar-refractivity contribution >= 4 is 29.6 Å². The second kappa shape index (κ2) is 6.33. The Labute approximate surface area is 142 Å². The van der Waals surface area contributed by atoms with Gasteiger partial charge in [0.2, 0.25) is 0 Å². The van der Waals surface area contributed by atoms with Crippen LogP contribution in [0.25, 0.3) is 6.08 Å². The summed E-state index contributed by atoms with van der Waals surface area (Å²) in [5.41, 5.74) is 1.29. The molecule has 7 heteroatoms. The van der Waals surface area contributed by atoms with Crippen LogP contribution in [0.1, 0.15) is 11.1 Å². The van der Waals surface area contributed by atoms with Gasteiger partial charge in [0.15, 0.2) is 0 Å². The molecule has 0 spiro atoms. The first-order chi connectivity index (χ1) is 11.4. The van der Waals surface area contributed by atoms with Crippen LogP contribution < -0.4 is 5.32 Å². The number of carbonyl (C=O) groups excluding carboxylic acids is 2. The third kappa shape index (κ3) is 3.23. The summed E-state index contributed by atoms with van der Waals surface area (Å²) >= 11 is 5.82. The van der Waals surface area contributed by atoms with Gasteiger partial charge in [0, 0.05) is 0 Å². The van der Waals surface area contributed by atoms with Crippen molar-refractivity contribution in [3.05, 3.63) is 70.1 Å². The standard InChI is InChI=1S/C17H12ClFN2O3/c18-13-7-11(3-6-15(13)22)8-14-16(23)21(17(24)20-14)9-10-1-4-12(19)5-2-10/h1-8,22H,9H2,(H,20,24)/b14-8+. The Morgan fingerprint density at radius 2 is 1.88 bits per heavy atom. The number of hydrogen-bond donors (Lipinski definition) is 2. The summed E-state index contributed by atoms with van der Waals surface area (Å²) < 4.78 is 12.9. The van der Waals surface area contributed by atoms with E-state index in [1.54, 1.807) is 6.07 Å². The topological polar surface area (TPSA) is 69.6 Å². The van der Waals surface area contributed by atoms with Crippen LogP contribution in [0.15, 0.2) is 48.2 Å². The van der Waals surface area contributed by atoms with Gasteiger partial charge in [-0.1, -0.05) is 29.8 Å². The highest BCUT2D eigenvalue weighted by Crippen LogP contribution is 2.25. The molecule has 2 aromatic rings. The first kappa shape index (κ1) is 16.0. The predicted octanol–water partition coefficient (Wildman–Crippen LogP) is 3.28. The van der Waals surface area contributed by atoms with Crippen LogP contribution in [0.3, 0.4) is 0 Å². The summed E-state index contributed by atoms with van der Waals surface area (Å²) in [5, 5.41) is 12.0. The molecule has 0 atom stereocenters. The number of aromatic hydroxyl groups is 1. The fourth-order valence-corrected chi connectivity index (χ4v) is 2.46. The number of rotatable bonds is 3. The van der Waals surface area contributed by atoms with Crippen LogP contribution in [0.2, 0.25) is 5.02 Å². The van der Waals surface area contributed by atoms with Gasteiger partial charge in [0.25, 0.3) is 5.91 Å². The minimum Gasteiger partial charge on any atom is -0.506 e. The van der Waals surface area contributed by atoms with Gasteiger partial charge in [-0.25, -0.2) is 9.18 Å². The molecule has 3 amide bonds. The van der Waals surface area contributed by atoms with Gasteiger partial charge in [-0.15, -0.1) is 0 Å². The van der Waals surface area contributed by atoms with Crippen molar-refractivity contribution in [2.45, 2.75) is 6.54 Å². The van der Waals surface area contributed by atoms with Crippen molar-refractivity contribution in [3.8, 4) is 5.75 Å². The van der Waals surface area contributed by atoms with Gasteiger partial charge in [-0.3, -0.25) is 9.69 Å². The van der Waals surface area contributed by atoms with E-state index in [-0.39, 0.29) is 28.8 Å². The van der Waals surface area contributed by atoms with Crippen molar-refractivity contribution in [1.82, 2.24) is 10.2 Å². The summed E-state index contributed by atoms with van der Waals surface area (Å²) in [4.78, 5) is 25.4. The summed E-state index contributed by atoms with van der Waals surface area (Å²) in [6, 6.07) is 9.44. The number of nitrogens with zero attached hydrogens (tertiary/aromatic N) is 1. The number of nitrogens with one attached hydrogen (secondary N) is 1. The number of urea groups is 1. The third-order valence-corrected chi connectivity index (χ3v) is 3.80. The molecule has 2 N–H and O–H groups in total. The smallest absolute Gasteiger partial charge is 0.329 e. The number of halogens is 2. The van der Waals surface area contributed by atoms with E-state index in [1.165, 1.54) is 42.5 Å². The van der Waals surface area contributed by atoms with E-state index in [0.717, 1.165) is 4.90 Å². The van der Waals surface area contributed by atoms with Gasteiger partial charge in [-0.05, 0) is 41.5 Å². The molecule has 0 radical (unpaired) electrons. The summed E-state index contributed by atoms with van der Waals surface area (Å²) in [5.74, 6) is -0.951. The molecule has 1 fully saturated rings. The van der Waals surface area contributed by atoms with E-state index in [9.17, 15) is 19.1 Å². The molecule has 1 aliphatic rings. The average molecular weight is 347 g/mol. The second-order valence-electron chi connectivity index (χ2n) is 5.22. The number of benzene rings is 2. The minimum absolute atomic E-state index is 0.0403. The summed E-state index contributed by atoms with van der Waals surface area (Å²) in [6.07, 6.45) is 1.47. The molecule has 0 aliphatic carbocycles. The second-order valence-corrected chi connectivity index (χ2v) is 5.62. The maximum absolute atomic E-state index is 12.9. The number of hydrogen-bond acceptors (Lipinski definition) is 3. The Morgan fingerprint density at radius 3 is 2.54 bits per heavy atom. The third-order valence-electron chi connectivity index (χ3n) is 3.50. The Balaban J connectivity index is 1.81. The van der Waals surface area contributed by atoms with Crippen LogP contribution in [0.4, 0.5) is 9.18 Å². The van der Waals surface area contributed by atoms with Gasteiger partial charge < -0.3 is 10.4 Å². The van der Waals surface area contributed by atoms with Crippen molar-refractivity contribution in [1.29, 1.82) is 0 Å². The largest absolute Gasteiger partial charge is 0.506 e. The highest BCUT2D eigenvalue weighted by atomic mass is 35.5. The molecular weight excluding hydrogens is 335 g/mol. The van der Waals surface area contributed by atoms with E-state index in [0.29, 0.717) is 11.1 Å². The quantitative estimate of drug-likeness (QED) is 0.662. The number of amides is 3. The number of phenols is 1. The molecule has 122 valence electrons. The maximum Gasteiger partial charge on any atom is 0.329 e. The van der Waals surface area contributed by atoms with Crippen LogP contribution in [0, 0.1) is 5.82 Å². The molecule has 0 saturated carbocycles. The lowest BCUT2D eigenvalue weighted by Crippen LogP contribution is -2.30. The van der Waals surface area contributed by atoms with Crippen LogP contribution in [0.5, 0.6) is 5.75 Å². The van der Waals surface area contributed by atoms with Crippen molar-refractivity contribution < 1.29 is 19.1 Å². The molecule has 1 heterocycles. The zero-order valence-electron chi connectivity index (χ0n) is 12.3. The van der Waals surface area contributed by atoms with Crippen LogP contribution >= 0.6 is 11.6 Å². The Morgan fingerprint density at radius 1 is 1.17 bits per heavy atom. The number of phenolic OH excluding ortho intramolecular Hbond substituents is 1. The van der Waals surface area contributed by atoms with Crippen molar-refractivity contribution in [2.24, 2.45) is 0 Å². The van der Waals surface area contributed by atoms with Gasteiger partial charge in [0.1, 0.15) is 17.3 Å². The van der Waals surface area contributed by atoms with Crippen LogP contribution in [-0.4, -0.2) is 21.9 Å². The van der Waals surface area contributed by atoms with Crippen molar-refractivity contribution in [3.63, 3.8) is 0 Å². The van der Waals surface area contributed by atoms with E-state index in [1.807, 2.05) is 0 Å². The van der Waals surface area contributed by atoms with Gasteiger partial charge in [-0.2, -0.15) is 0 Å². The zero-order valence-corrected chi connectivity index (χ0v) is 13.0. The Kier molecular flexibility index (Phi) is 4.22. The van der Waals surface area contributed by atoms with Gasteiger partial charge in [0.05, 0.1) is 11.6 Å².